The molecule has 0 aromatic rings. The summed E-state index contributed by atoms with van der Waals surface area (Å²) in [5, 5.41) is 17.1. The zero-order valence-corrected chi connectivity index (χ0v) is 10.0. The molecule has 0 amide bonds. The maximum absolute atomic E-state index is 8.91. The van der Waals surface area contributed by atoms with E-state index in [9.17, 15) is 0 Å². The van der Waals surface area contributed by atoms with E-state index in [2.05, 4.69) is 0 Å². The molecule has 1 N–H and O–H groups in total. The van der Waals surface area contributed by atoms with Gasteiger partial charge in [-0.25, -0.2) is 0 Å². The average Bonchev–Trinajstić information content (AvgIpc) is 2.33. The Morgan fingerprint density at radius 1 is 0.875 bits per heavy atom. The number of hydrogen-bond acceptors (Lipinski definition) is 3. The fourth-order valence-corrected chi connectivity index (χ4v) is 2.34. The molecule has 0 unspecified atom stereocenters. The molecule has 0 spiro atoms. The molecule has 2 aliphatic carbocycles. The number of aliphatic hydroxyl groups excluding tert-OH is 1. The predicted octanol–water partition coefficient (Wildman–Crippen LogP) is 3.13. The van der Waals surface area contributed by atoms with Crippen molar-refractivity contribution in [1.82, 2.24) is 0 Å². The summed E-state index contributed by atoms with van der Waals surface area (Å²) in [5.74, 6) is 0. The third kappa shape index (κ3) is 5.97. The lowest BCUT2D eigenvalue weighted by molar-refractivity contribution is 0.120. The third-order valence-electron chi connectivity index (χ3n) is 3.35. The molecule has 2 rings (SSSR count). The van der Waals surface area contributed by atoms with Crippen molar-refractivity contribution in [2.24, 2.45) is 0 Å². The number of nitrogens with zero attached hydrogens (tertiary/aromatic N) is 1. The standard InChI is InChI=1S/C7H11NO.C6H12O/c8-6-9-7-4-2-1-3-5-7;7-6-4-2-1-3-5-6/h7H,1-5H2;6-7H,1-5H2. The quantitative estimate of drug-likeness (QED) is 0.697. The molecule has 0 saturated heterocycles. The first-order valence-corrected chi connectivity index (χ1v) is 6.55. The van der Waals surface area contributed by atoms with E-state index in [-0.39, 0.29) is 12.2 Å². The SMILES string of the molecule is N#COC1CCCCC1.OC1CCCCC1. The molecule has 0 bridgehead atoms. The Morgan fingerprint density at radius 3 is 1.75 bits per heavy atom. The normalized spacial score (nSPS) is 22.8. The summed E-state index contributed by atoms with van der Waals surface area (Å²) in [6.07, 6.45) is 13.8. The first-order chi connectivity index (χ1) is 7.83. The number of hydrogen-bond donors (Lipinski definition) is 1. The Kier molecular flexibility index (Phi) is 7.00. The number of ether oxygens (including phenoxy) is 1. The van der Waals surface area contributed by atoms with E-state index >= 15 is 0 Å². The molecular formula is C13H23NO2. The lowest BCUT2D eigenvalue weighted by atomic mass is 9.98. The summed E-state index contributed by atoms with van der Waals surface area (Å²) in [6, 6.07) is 0. The fraction of sp³-hybridized carbons (Fsp3) is 0.923. The summed E-state index contributed by atoms with van der Waals surface area (Å²) in [5.41, 5.74) is 0. The highest BCUT2D eigenvalue weighted by atomic mass is 16.5. The van der Waals surface area contributed by atoms with Crippen LogP contribution in [-0.4, -0.2) is 17.3 Å². The van der Waals surface area contributed by atoms with Crippen LogP contribution in [0.4, 0.5) is 0 Å². The van der Waals surface area contributed by atoms with Gasteiger partial charge in [-0.3, -0.25) is 0 Å². The zero-order valence-electron chi connectivity index (χ0n) is 10.0. The molecule has 2 saturated carbocycles. The van der Waals surface area contributed by atoms with Gasteiger partial charge in [0.1, 0.15) is 6.10 Å². The van der Waals surface area contributed by atoms with Crippen LogP contribution in [0.3, 0.4) is 0 Å². The van der Waals surface area contributed by atoms with Gasteiger partial charge >= 0.3 is 0 Å². The lowest BCUT2D eigenvalue weighted by Crippen LogP contribution is -2.13. The molecule has 3 heteroatoms. The number of aliphatic hydroxyl groups is 1. The van der Waals surface area contributed by atoms with Gasteiger partial charge in [0.2, 0.25) is 0 Å². The van der Waals surface area contributed by atoms with Gasteiger partial charge < -0.3 is 9.84 Å². The molecule has 0 aromatic heterocycles. The monoisotopic (exact) mass is 225 g/mol. The Hall–Kier alpha value is -0.750. The molecule has 2 aliphatic rings. The summed E-state index contributed by atoms with van der Waals surface area (Å²) < 4.78 is 4.79. The topological polar surface area (TPSA) is 53.2 Å². The van der Waals surface area contributed by atoms with Crippen molar-refractivity contribution in [3.05, 3.63) is 0 Å². The summed E-state index contributed by atoms with van der Waals surface area (Å²) in [4.78, 5) is 0. The second-order valence-corrected chi connectivity index (χ2v) is 4.76. The molecule has 92 valence electrons. The highest BCUT2D eigenvalue weighted by molar-refractivity contribution is 4.68. The average molecular weight is 225 g/mol. The van der Waals surface area contributed by atoms with Gasteiger partial charge in [0.15, 0.2) is 0 Å². The van der Waals surface area contributed by atoms with E-state index in [1.807, 2.05) is 0 Å². The third-order valence-corrected chi connectivity index (χ3v) is 3.35. The summed E-state index contributed by atoms with van der Waals surface area (Å²) >= 11 is 0. The predicted molar refractivity (Wildman–Crippen MR) is 62.7 cm³/mol. The number of rotatable bonds is 1. The van der Waals surface area contributed by atoms with Crippen LogP contribution in [0.15, 0.2) is 0 Å². The largest absolute Gasteiger partial charge is 0.424 e. The second-order valence-electron chi connectivity index (χ2n) is 4.76. The minimum Gasteiger partial charge on any atom is -0.424 e. The molecule has 2 fully saturated rings. The van der Waals surface area contributed by atoms with Crippen molar-refractivity contribution in [2.75, 3.05) is 0 Å². The maximum atomic E-state index is 8.91. The van der Waals surface area contributed by atoms with Gasteiger partial charge in [-0.15, -0.1) is 0 Å². The van der Waals surface area contributed by atoms with Crippen molar-refractivity contribution in [2.45, 2.75) is 76.4 Å². The molecular weight excluding hydrogens is 202 g/mol. The van der Waals surface area contributed by atoms with E-state index in [0.717, 1.165) is 25.7 Å². The van der Waals surface area contributed by atoms with Crippen molar-refractivity contribution in [3.8, 4) is 6.26 Å². The Morgan fingerprint density at radius 2 is 1.38 bits per heavy atom. The van der Waals surface area contributed by atoms with Crippen LogP contribution in [0.1, 0.15) is 64.2 Å². The van der Waals surface area contributed by atoms with Gasteiger partial charge in [0.05, 0.1) is 6.10 Å². The van der Waals surface area contributed by atoms with Gasteiger partial charge in [0, 0.05) is 0 Å². The van der Waals surface area contributed by atoms with Crippen molar-refractivity contribution in [3.63, 3.8) is 0 Å². The number of nitriles is 1. The Balaban J connectivity index is 0.000000165. The van der Waals surface area contributed by atoms with Crippen LogP contribution in [0.25, 0.3) is 0 Å². The van der Waals surface area contributed by atoms with Crippen LogP contribution >= 0.6 is 0 Å². The maximum Gasteiger partial charge on any atom is 0.286 e. The van der Waals surface area contributed by atoms with Crippen LogP contribution < -0.4 is 0 Å². The first-order valence-electron chi connectivity index (χ1n) is 6.55. The lowest BCUT2D eigenvalue weighted by Gasteiger charge is -2.17. The van der Waals surface area contributed by atoms with E-state index in [4.69, 9.17) is 15.1 Å². The summed E-state index contributed by atoms with van der Waals surface area (Å²) in [6.45, 7) is 0. The minimum atomic E-state index is 0.0359. The minimum absolute atomic E-state index is 0.0359. The smallest absolute Gasteiger partial charge is 0.286 e. The molecule has 16 heavy (non-hydrogen) atoms. The van der Waals surface area contributed by atoms with E-state index < -0.39 is 0 Å². The Labute approximate surface area is 98.4 Å². The molecule has 0 radical (unpaired) electrons. The van der Waals surface area contributed by atoms with Gasteiger partial charge in [-0.2, -0.15) is 5.26 Å². The second kappa shape index (κ2) is 8.41. The molecule has 0 heterocycles. The molecule has 0 aliphatic heterocycles. The van der Waals surface area contributed by atoms with Crippen LogP contribution in [0, 0.1) is 11.5 Å². The first kappa shape index (κ1) is 13.3. The van der Waals surface area contributed by atoms with E-state index in [1.54, 1.807) is 6.26 Å². The molecule has 3 nitrogen and oxygen atoms in total. The zero-order chi connectivity index (χ0) is 11.6. The van der Waals surface area contributed by atoms with Crippen molar-refractivity contribution >= 4 is 0 Å². The van der Waals surface area contributed by atoms with Crippen LogP contribution in [0.5, 0.6) is 0 Å². The van der Waals surface area contributed by atoms with Crippen LogP contribution in [-0.2, 0) is 4.74 Å². The fourth-order valence-electron chi connectivity index (χ4n) is 2.34. The Bertz CT molecular complexity index is 200. The van der Waals surface area contributed by atoms with Crippen molar-refractivity contribution < 1.29 is 9.84 Å². The van der Waals surface area contributed by atoms with Crippen LogP contribution in [0.2, 0.25) is 0 Å². The molecule has 0 atom stereocenters. The highest BCUT2D eigenvalue weighted by Gasteiger charge is 2.13. The molecule has 0 aromatic carbocycles. The van der Waals surface area contributed by atoms with Crippen molar-refractivity contribution in [1.29, 1.82) is 5.26 Å². The highest BCUT2D eigenvalue weighted by Crippen LogP contribution is 2.19. The van der Waals surface area contributed by atoms with E-state index in [0.29, 0.717) is 0 Å². The van der Waals surface area contributed by atoms with Gasteiger partial charge in [-0.05, 0) is 38.5 Å². The van der Waals surface area contributed by atoms with Gasteiger partial charge in [0.25, 0.3) is 6.26 Å². The summed E-state index contributed by atoms with van der Waals surface area (Å²) in [7, 11) is 0. The van der Waals surface area contributed by atoms with Gasteiger partial charge in [-0.1, -0.05) is 25.7 Å². The van der Waals surface area contributed by atoms with E-state index in [1.165, 1.54) is 38.5 Å².